The van der Waals surface area contributed by atoms with Crippen LogP contribution in [0.25, 0.3) is 6.08 Å². The van der Waals surface area contributed by atoms with Crippen LogP contribution in [-0.4, -0.2) is 30.0 Å². The molecular weight excluding hydrogens is 386 g/mol. The van der Waals surface area contributed by atoms with E-state index in [1.165, 1.54) is 11.0 Å². The van der Waals surface area contributed by atoms with Gasteiger partial charge in [0, 0.05) is 24.2 Å². The number of rotatable bonds is 3. The SMILES string of the molecule is O=C1NC(=S)N(c2cccc(Cl)c2)C(=O)C1=Cc1ccc(N2CCCC2)o1. The van der Waals surface area contributed by atoms with Crippen molar-refractivity contribution in [3.8, 4) is 0 Å². The minimum absolute atomic E-state index is 0.0154. The number of carbonyl (C=O) groups excluding carboxylic acids is 2. The molecule has 1 aromatic heterocycles. The van der Waals surface area contributed by atoms with Crippen molar-refractivity contribution in [2.24, 2.45) is 0 Å². The van der Waals surface area contributed by atoms with E-state index in [9.17, 15) is 9.59 Å². The molecule has 0 atom stereocenters. The molecule has 1 aromatic carbocycles. The molecule has 0 spiro atoms. The lowest BCUT2D eigenvalue weighted by molar-refractivity contribution is -0.122. The van der Waals surface area contributed by atoms with E-state index in [-0.39, 0.29) is 10.7 Å². The number of nitrogens with one attached hydrogen (secondary N) is 1. The third-order valence-corrected chi connectivity index (χ3v) is 5.00. The first-order valence-electron chi connectivity index (χ1n) is 8.55. The number of carbonyl (C=O) groups is 2. The third-order valence-electron chi connectivity index (χ3n) is 4.49. The number of benzene rings is 1. The summed E-state index contributed by atoms with van der Waals surface area (Å²) in [5, 5.41) is 3.02. The molecule has 2 aliphatic rings. The molecule has 0 aliphatic carbocycles. The van der Waals surface area contributed by atoms with E-state index < -0.39 is 11.8 Å². The fourth-order valence-electron chi connectivity index (χ4n) is 3.18. The summed E-state index contributed by atoms with van der Waals surface area (Å²) in [4.78, 5) is 28.7. The summed E-state index contributed by atoms with van der Waals surface area (Å²) in [5.74, 6) is 0.104. The molecule has 2 saturated heterocycles. The van der Waals surface area contributed by atoms with Gasteiger partial charge in [0.1, 0.15) is 11.3 Å². The highest BCUT2D eigenvalue weighted by Gasteiger charge is 2.34. The van der Waals surface area contributed by atoms with E-state index in [4.69, 9.17) is 28.2 Å². The van der Waals surface area contributed by atoms with Gasteiger partial charge in [-0.2, -0.15) is 0 Å². The Morgan fingerprint density at radius 3 is 2.67 bits per heavy atom. The van der Waals surface area contributed by atoms with E-state index in [2.05, 4.69) is 10.2 Å². The summed E-state index contributed by atoms with van der Waals surface area (Å²) in [7, 11) is 0. The lowest BCUT2D eigenvalue weighted by atomic mass is 10.1. The average Bonchev–Trinajstić information content (AvgIpc) is 3.30. The van der Waals surface area contributed by atoms with Crippen LogP contribution in [0.2, 0.25) is 5.02 Å². The molecule has 0 saturated carbocycles. The summed E-state index contributed by atoms with van der Waals surface area (Å²) < 4.78 is 5.80. The van der Waals surface area contributed by atoms with E-state index in [1.54, 1.807) is 30.3 Å². The van der Waals surface area contributed by atoms with Gasteiger partial charge < -0.3 is 9.32 Å². The maximum absolute atomic E-state index is 12.9. The van der Waals surface area contributed by atoms with Gasteiger partial charge >= 0.3 is 0 Å². The standard InChI is InChI=1S/C19H16ClN3O3S/c20-12-4-3-5-13(10-12)23-18(25)15(17(24)21-19(23)27)11-14-6-7-16(26-14)22-8-1-2-9-22/h3-7,10-11H,1-2,8-9H2,(H,21,24,27). The predicted molar refractivity (Wildman–Crippen MR) is 108 cm³/mol. The highest BCUT2D eigenvalue weighted by atomic mass is 35.5. The van der Waals surface area contributed by atoms with Gasteiger partial charge in [-0.15, -0.1) is 0 Å². The largest absolute Gasteiger partial charge is 0.441 e. The molecule has 6 nitrogen and oxygen atoms in total. The van der Waals surface area contributed by atoms with Gasteiger partial charge in [0.15, 0.2) is 11.0 Å². The quantitative estimate of drug-likeness (QED) is 0.485. The zero-order chi connectivity index (χ0) is 19.0. The molecule has 1 N–H and O–H groups in total. The smallest absolute Gasteiger partial charge is 0.270 e. The summed E-state index contributed by atoms with van der Waals surface area (Å²) in [6, 6.07) is 10.3. The lowest BCUT2D eigenvalue weighted by Crippen LogP contribution is -2.54. The van der Waals surface area contributed by atoms with Crippen LogP contribution in [0.4, 0.5) is 11.6 Å². The zero-order valence-corrected chi connectivity index (χ0v) is 15.8. The summed E-state index contributed by atoms with van der Waals surface area (Å²) in [5.41, 5.74) is 0.437. The van der Waals surface area contributed by atoms with Crippen LogP contribution in [0.3, 0.4) is 0 Å². The summed E-state index contributed by atoms with van der Waals surface area (Å²) in [6.45, 7) is 1.89. The third kappa shape index (κ3) is 3.48. The highest BCUT2D eigenvalue weighted by molar-refractivity contribution is 7.80. The molecule has 2 amide bonds. The van der Waals surface area contributed by atoms with Crippen LogP contribution in [0.5, 0.6) is 0 Å². The Kier molecular flexibility index (Phi) is 4.72. The normalized spacial score (nSPS) is 19.1. The molecule has 0 bridgehead atoms. The number of furan rings is 1. The number of nitrogens with zero attached hydrogens (tertiary/aromatic N) is 2. The van der Waals surface area contributed by atoms with Crippen molar-refractivity contribution in [3.05, 3.63) is 52.8 Å². The van der Waals surface area contributed by atoms with Crippen LogP contribution < -0.4 is 15.1 Å². The van der Waals surface area contributed by atoms with E-state index in [1.807, 2.05) is 6.07 Å². The Hall–Kier alpha value is -2.64. The van der Waals surface area contributed by atoms with E-state index in [0.29, 0.717) is 16.5 Å². The molecule has 0 unspecified atom stereocenters. The molecule has 2 fully saturated rings. The van der Waals surface area contributed by atoms with E-state index >= 15 is 0 Å². The van der Waals surface area contributed by atoms with Crippen molar-refractivity contribution >= 4 is 58.4 Å². The number of hydrogen-bond acceptors (Lipinski definition) is 5. The number of hydrogen-bond donors (Lipinski definition) is 1. The van der Waals surface area contributed by atoms with Crippen LogP contribution in [-0.2, 0) is 9.59 Å². The Balaban J connectivity index is 1.65. The minimum atomic E-state index is -0.553. The first-order valence-corrected chi connectivity index (χ1v) is 9.33. The van der Waals surface area contributed by atoms with Gasteiger partial charge in [-0.05, 0) is 55.4 Å². The van der Waals surface area contributed by atoms with Crippen molar-refractivity contribution in [2.75, 3.05) is 22.9 Å². The molecule has 0 radical (unpaired) electrons. The molecule has 138 valence electrons. The monoisotopic (exact) mass is 401 g/mol. The molecule has 2 aliphatic heterocycles. The van der Waals surface area contributed by atoms with Gasteiger partial charge in [0.2, 0.25) is 0 Å². The predicted octanol–water partition coefficient (Wildman–Crippen LogP) is 3.36. The second-order valence-corrected chi connectivity index (χ2v) is 7.13. The van der Waals surface area contributed by atoms with Crippen LogP contribution in [0.15, 0.2) is 46.4 Å². The van der Waals surface area contributed by atoms with Crippen LogP contribution >= 0.6 is 23.8 Å². The van der Waals surface area contributed by atoms with E-state index in [0.717, 1.165) is 31.8 Å². The Bertz CT molecular complexity index is 963. The molecule has 4 rings (SSSR count). The Morgan fingerprint density at radius 1 is 1.15 bits per heavy atom. The van der Waals surface area contributed by atoms with Crippen LogP contribution in [0, 0.1) is 0 Å². The summed E-state index contributed by atoms with van der Waals surface area (Å²) >= 11 is 11.2. The van der Waals surface area contributed by atoms with Gasteiger partial charge in [-0.25, -0.2) is 0 Å². The van der Waals surface area contributed by atoms with Gasteiger partial charge in [0.25, 0.3) is 11.8 Å². The molecule has 27 heavy (non-hydrogen) atoms. The molecule has 8 heteroatoms. The average molecular weight is 402 g/mol. The Labute approximate surface area is 166 Å². The van der Waals surface area contributed by atoms with Crippen molar-refractivity contribution < 1.29 is 14.0 Å². The highest BCUT2D eigenvalue weighted by Crippen LogP contribution is 2.27. The maximum Gasteiger partial charge on any atom is 0.270 e. The van der Waals surface area contributed by atoms with Crippen molar-refractivity contribution in [3.63, 3.8) is 0 Å². The van der Waals surface area contributed by atoms with Crippen molar-refractivity contribution in [2.45, 2.75) is 12.8 Å². The first-order chi connectivity index (χ1) is 13.0. The second-order valence-electron chi connectivity index (χ2n) is 6.31. The first kappa shape index (κ1) is 17.8. The minimum Gasteiger partial charge on any atom is -0.441 e. The topological polar surface area (TPSA) is 65.8 Å². The number of halogens is 1. The van der Waals surface area contributed by atoms with Gasteiger partial charge in [-0.1, -0.05) is 17.7 Å². The fraction of sp³-hybridized carbons (Fsp3) is 0.211. The van der Waals surface area contributed by atoms with Gasteiger partial charge in [-0.3, -0.25) is 19.8 Å². The number of thiocarbonyl (C=S) groups is 1. The van der Waals surface area contributed by atoms with Gasteiger partial charge in [0.05, 0.1) is 5.69 Å². The van der Waals surface area contributed by atoms with Crippen molar-refractivity contribution in [1.82, 2.24) is 5.32 Å². The molecule has 2 aromatic rings. The number of anilines is 2. The maximum atomic E-state index is 12.9. The summed E-state index contributed by atoms with van der Waals surface area (Å²) in [6.07, 6.45) is 3.70. The number of amides is 2. The molecule has 3 heterocycles. The fourth-order valence-corrected chi connectivity index (χ4v) is 3.64. The van der Waals surface area contributed by atoms with Crippen LogP contribution in [0.1, 0.15) is 18.6 Å². The second kappa shape index (κ2) is 7.17. The van der Waals surface area contributed by atoms with Crippen molar-refractivity contribution in [1.29, 1.82) is 0 Å². The lowest BCUT2D eigenvalue weighted by Gasteiger charge is -2.28. The Morgan fingerprint density at radius 2 is 1.93 bits per heavy atom. The zero-order valence-electron chi connectivity index (χ0n) is 14.3. The molecular formula is C19H16ClN3O3S.